The number of anilines is 2. The highest BCUT2D eigenvalue weighted by Gasteiger charge is 2.27. The minimum atomic E-state index is -4.41. The third-order valence-electron chi connectivity index (χ3n) is 5.51. The van der Waals surface area contributed by atoms with E-state index in [1.54, 1.807) is 61.8 Å². The smallest absolute Gasteiger partial charge is 0.398 e. The molecule has 0 aliphatic heterocycles. The van der Waals surface area contributed by atoms with Crippen LogP contribution < -0.4 is 16.6 Å². The lowest BCUT2D eigenvalue weighted by Gasteiger charge is -2.15. The maximum absolute atomic E-state index is 13.8. The maximum atomic E-state index is 13.8. The van der Waals surface area contributed by atoms with Gasteiger partial charge in [-0.2, -0.15) is 13.2 Å². The molecule has 0 aliphatic rings. The lowest BCUT2D eigenvalue weighted by molar-refractivity contribution is -0.115. The number of aromatic nitrogens is 2. The van der Waals surface area contributed by atoms with Crippen LogP contribution in [0.15, 0.2) is 70.6 Å². The van der Waals surface area contributed by atoms with Gasteiger partial charge in [0.25, 0.3) is 5.56 Å². The van der Waals surface area contributed by atoms with Crippen LogP contribution in [0.2, 0.25) is 5.02 Å². The fourth-order valence-electron chi connectivity index (χ4n) is 3.68. The Labute approximate surface area is 203 Å². The average Bonchev–Trinajstić information content (AvgIpc) is 2.82. The molecule has 2 aromatic heterocycles. The van der Waals surface area contributed by atoms with E-state index in [1.165, 1.54) is 10.6 Å². The molecule has 180 valence electrons. The Balaban J connectivity index is 1.97. The number of rotatable bonds is 5. The van der Waals surface area contributed by atoms with Crippen LogP contribution >= 0.6 is 11.6 Å². The zero-order valence-corrected chi connectivity index (χ0v) is 19.6. The summed E-state index contributed by atoms with van der Waals surface area (Å²) >= 11 is 6.03. The number of nitrogen functional groups attached to an aromatic ring is 1. The van der Waals surface area contributed by atoms with Gasteiger partial charge in [-0.25, -0.2) is 4.98 Å². The van der Waals surface area contributed by atoms with Gasteiger partial charge in [0.05, 0.1) is 11.1 Å². The molecular weight excluding hydrogens is 479 g/mol. The van der Waals surface area contributed by atoms with E-state index in [2.05, 4.69) is 15.3 Å². The number of hydrogen-bond acceptors (Lipinski definition) is 5. The van der Waals surface area contributed by atoms with Crippen molar-refractivity contribution in [1.82, 2.24) is 9.55 Å². The number of nitrogens with two attached hydrogens (primary N) is 1. The van der Waals surface area contributed by atoms with Crippen LogP contribution in [0.3, 0.4) is 0 Å². The first kappa shape index (κ1) is 24.3. The van der Waals surface area contributed by atoms with Gasteiger partial charge in [-0.05, 0) is 55.0 Å². The molecule has 4 aromatic rings. The molecular formula is C25H21ClF3N5O. The van der Waals surface area contributed by atoms with Gasteiger partial charge in [-0.1, -0.05) is 23.7 Å². The van der Waals surface area contributed by atoms with Gasteiger partial charge in [-0.15, -0.1) is 0 Å². The molecule has 0 amide bonds. The van der Waals surface area contributed by atoms with Crippen molar-refractivity contribution in [2.24, 2.45) is 4.99 Å². The molecule has 0 fully saturated rings. The number of pyridine rings is 2. The van der Waals surface area contributed by atoms with E-state index >= 15 is 0 Å². The van der Waals surface area contributed by atoms with Crippen molar-refractivity contribution >= 4 is 39.7 Å². The van der Waals surface area contributed by atoms with Crippen molar-refractivity contribution in [2.45, 2.75) is 13.1 Å². The van der Waals surface area contributed by atoms with Crippen LogP contribution in [-0.2, 0) is 0 Å². The van der Waals surface area contributed by atoms with E-state index < -0.39 is 18.3 Å². The minimum Gasteiger partial charge on any atom is -0.398 e. The molecule has 0 saturated heterocycles. The Hall–Kier alpha value is -3.85. The number of alkyl halides is 3. The first-order valence-electron chi connectivity index (χ1n) is 10.5. The first-order chi connectivity index (χ1) is 16.6. The Kier molecular flexibility index (Phi) is 6.53. The van der Waals surface area contributed by atoms with Crippen molar-refractivity contribution < 1.29 is 13.2 Å². The summed E-state index contributed by atoms with van der Waals surface area (Å²) < 4.78 is 39.6. The molecule has 0 bridgehead atoms. The summed E-state index contributed by atoms with van der Waals surface area (Å²) in [6.45, 7) is 0.572. The quantitative estimate of drug-likeness (QED) is 0.272. The SMILES string of the molecule is CN=C(C)c1cc(-n2cc3ccc(NCC(F)(F)F)nc3c(-c3ccc(Cl)cc3)c2=O)ccc1N. The topological polar surface area (TPSA) is 85.3 Å². The Bertz CT molecular complexity index is 1490. The van der Waals surface area contributed by atoms with Crippen molar-refractivity contribution in [3.8, 4) is 16.8 Å². The van der Waals surface area contributed by atoms with Crippen LogP contribution in [0.25, 0.3) is 27.7 Å². The van der Waals surface area contributed by atoms with Gasteiger partial charge in [0.15, 0.2) is 0 Å². The zero-order chi connectivity index (χ0) is 25.3. The van der Waals surface area contributed by atoms with E-state index in [0.717, 1.165) is 0 Å². The number of nitrogens with zero attached hydrogens (tertiary/aromatic N) is 3. The van der Waals surface area contributed by atoms with Gasteiger partial charge in [-0.3, -0.25) is 14.4 Å². The molecule has 0 unspecified atom stereocenters. The molecule has 0 spiro atoms. The summed E-state index contributed by atoms with van der Waals surface area (Å²) in [4.78, 5) is 22.3. The summed E-state index contributed by atoms with van der Waals surface area (Å²) in [6, 6.07) is 14.8. The van der Waals surface area contributed by atoms with Crippen LogP contribution in [0, 0.1) is 0 Å². The maximum Gasteiger partial charge on any atom is 0.405 e. The second-order valence-corrected chi connectivity index (χ2v) is 8.31. The summed E-state index contributed by atoms with van der Waals surface area (Å²) in [6.07, 6.45) is -2.81. The summed E-state index contributed by atoms with van der Waals surface area (Å²) in [5.41, 5.74) is 9.20. The molecule has 2 heterocycles. The molecule has 0 radical (unpaired) electrons. The highest BCUT2D eigenvalue weighted by atomic mass is 35.5. The monoisotopic (exact) mass is 499 g/mol. The van der Waals surface area contributed by atoms with Crippen molar-refractivity contribution in [3.05, 3.63) is 81.7 Å². The molecule has 0 aliphatic carbocycles. The highest BCUT2D eigenvalue weighted by Crippen LogP contribution is 2.28. The van der Waals surface area contributed by atoms with E-state index in [4.69, 9.17) is 17.3 Å². The van der Waals surface area contributed by atoms with Crippen molar-refractivity contribution in [3.63, 3.8) is 0 Å². The first-order valence-corrected chi connectivity index (χ1v) is 10.9. The number of hydrogen-bond donors (Lipinski definition) is 2. The van der Waals surface area contributed by atoms with Gasteiger partial charge in [0.2, 0.25) is 0 Å². The fourth-order valence-corrected chi connectivity index (χ4v) is 3.81. The van der Waals surface area contributed by atoms with Crippen molar-refractivity contribution in [1.29, 1.82) is 0 Å². The predicted octanol–water partition coefficient (Wildman–Crippen LogP) is 5.70. The number of fused-ring (bicyclic) bond motifs is 1. The number of benzene rings is 2. The Morgan fingerprint density at radius 2 is 1.86 bits per heavy atom. The average molecular weight is 500 g/mol. The number of nitrogens with one attached hydrogen (secondary N) is 1. The number of halogens is 4. The van der Waals surface area contributed by atoms with E-state index in [0.29, 0.717) is 38.6 Å². The molecule has 0 saturated carbocycles. The summed E-state index contributed by atoms with van der Waals surface area (Å²) in [5, 5.41) is 3.31. The molecule has 4 rings (SSSR count). The van der Waals surface area contributed by atoms with Gasteiger partial charge >= 0.3 is 6.18 Å². The zero-order valence-electron chi connectivity index (χ0n) is 18.8. The van der Waals surface area contributed by atoms with E-state index in [-0.39, 0.29) is 16.9 Å². The standard InChI is InChI=1S/C25H21ClF3N5O/c1-14(31-2)19-11-18(8-9-20(19)30)34-12-16-5-10-21(32-13-25(27,28)29)33-23(16)22(24(34)35)15-3-6-17(26)7-4-15/h3-12H,13,30H2,1-2H3,(H,32,33). The Morgan fingerprint density at radius 3 is 2.51 bits per heavy atom. The normalized spacial score (nSPS) is 12.2. The molecule has 0 atom stereocenters. The second kappa shape index (κ2) is 9.42. The molecule has 10 heteroatoms. The van der Waals surface area contributed by atoms with E-state index in [9.17, 15) is 18.0 Å². The van der Waals surface area contributed by atoms with Gasteiger partial charge in [0, 0.05) is 46.3 Å². The largest absolute Gasteiger partial charge is 0.405 e. The third-order valence-corrected chi connectivity index (χ3v) is 5.76. The van der Waals surface area contributed by atoms with Crippen LogP contribution in [0.1, 0.15) is 12.5 Å². The second-order valence-electron chi connectivity index (χ2n) is 7.87. The van der Waals surface area contributed by atoms with Gasteiger partial charge < -0.3 is 11.1 Å². The lowest BCUT2D eigenvalue weighted by Crippen LogP contribution is -2.23. The number of aliphatic imine (C=N–C) groups is 1. The molecule has 35 heavy (non-hydrogen) atoms. The van der Waals surface area contributed by atoms with Gasteiger partial charge in [0.1, 0.15) is 12.4 Å². The summed E-state index contributed by atoms with van der Waals surface area (Å²) in [5.74, 6) is 0.00624. The molecule has 3 N–H and O–H groups in total. The third kappa shape index (κ3) is 5.14. The van der Waals surface area contributed by atoms with Crippen LogP contribution in [0.4, 0.5) is 24.7 Å². The van der Waals surface area contributed by atoms with Crippen LogP contribution in [-0.4, -0.2) is 35.0 Å². The predicted molar refractivity (Wildman–Crippen MR) is 135 cm³/mol. The highest BCUT2D eigenvalue weighted by molar-refractivity contribution is 6.30. The molecule has 2 aromatic carbocycles. The van der Waals surface area contributed by atoms with Crippen LogP contribution in [0.5, 0.6) is 0 Å². The van der Waals surface area contributed by atoms with Crippen molar-refractivity contribution in [2.75, 3.05) is 24.6 Å². The Morgan fingerprint density at radius 1 is 1.14 bits per heavy atom. The minimum absolute atomic E-state index is 0.00624. The fraction of sp³-hybridized carbons (Fsp3) is 0.160. The van der Waals surface area contributed by atoms with E-state index in [1.807, 2.05) is 6.92 Å². The molecule has 6 nitrogen and oxygen atoms in total. The summed E-state index contributed by atoms with van der Waals surface area (Å²) in [7, 11) is 1.65. The lowest BCUT2D eigenvalue weighted by atomic mass is 10.0.